The van der Waals surface area contributed by atoms with E-state index >= 15 is 0 Å². The second-order valence-electron chi connectivity index (χ2n) is 7.76. The van der Waals surface area contributed by atoms with Crippen LogP contribution in [0.25, 0.3) is 0 Å². The SMILES string of the molecule is Cn1ccnc1[C@H]1OCCC[C@@H]1NCc1cccc2c1OC(C)(C)C2. The summed E-state index contributed by atoms with van der Waals surface area (Å²) in [6.45, 7) is 5.88. The maximum Gasteiger partial charge on any atom is 0.139 e. The van der Waals surface area contributed by atoms with Crippen molar-refractivity contribution in [2.75, 3.05) is 6.61 Å². The van der Waals surface area contributed by atoms with Gasteiger partial charge in [0.25, 0.3) is 0 Å². The molecule has 3 heterocycles. The Morgan fingerprint density at radius 2 is 2.24 bits per heavy atom. The Bertz CT molecular complexity index is 753. The first kappa shape index (κ1) is 16.6. The molecule has 0 radical (unpaired) electrons. The molecule has 1 N–H and O–H groups in total. The molecule has 1 saturated heterocycles. The van der Waals surface area contributed by atoms with Crippen LogP contribution in [0.1, 0.15) is 49.7 Å². The number of fused-ring (bicyclic) bond motifs is 1. The van der Waals surface area contributed by atoms with Crippen molar-refractivity contribution in [1.82, 2.24) is 14.9 Å². The average molecular weight is 341 g/mol. The van der Waals surface area contributed by atoms with E-state index in [4.69, 9.17) is 9.47 Å². The number of nitrogens with zero attached hydrogens (tertiary/aromatic N) is 2. The molecule has 0 bridgehead atoms. The highest BCUT2D eigenvalue weighted by atomic mass is 16.5. The van der Waals surface area contributed by atoms with Gasteiger partial charge in [0.2, 0.25) is 0 Å². The molecule has 0 spiro atoms. The Balaban J connectivity index is 1.50. The van der Waals surface area contributed by atoms with Crippen LogP contribution in [0.4, 0.5) is 0 Å². The zero-order chi connectivity index (χ0) is 17.4. The minimum Gasteiger partial charge on any atom is -0.487 e. The summed E-state index contributed by atoms with van der Waals surface area (Å²) in [7, 11) is 2.03. The van der Waals surface area contributed by atoms with Crippen LogP contribution >= 0.6 is 0 Å². The van der Waals surface area contributed by atoms with Crippen molar-refractivity contribution in [3.63, 3.8) is 0 Å². The molecule has 25 heavy (non-hydrogen) atoms. The molecule has 2 atom stereocenters. The van der Waals surface area contributed by atoms with E-state index in [1.807, 2.05) is 19.4 Å². The van der Waals surface area contributed by atoms with Gasteiger partial charge in [0.1, 0.15) is 23.3 Å². The van der Waals surface area contributed by atoms with Crippen molar-refractivity contribution in [3.8, 4) is 5.75 Å². The van der Waals surface area contributed by atoms with Gasteiger partial charge in [-0.2, -0.15) is 0 Å². The van der Waals surface area contributed by atoms with E-state index in [1.54, 1.807) is 0 Å². The summed E-state index contributed by atoms with van der Waals surface area (Å²) in [5.74, 6) is 2.05. The number of aryl methyl sites for hydroxylation is 1. The van der Waals surface area contributed by atoms with Gasteiger partial charge in [-0.05, 0) is 32.3 Å². The van der Waals surface area contributed by atoms with E-state index in [1.165, 1.54) is 11.1 Å². The highest BCUT2D eigenvalue weighted by Gasteiger charge is 2.33. The van der Waals surface area contributed by atoms with Crippen molar-refractivity contribution in [2.45, 2.75) is 57.4 Å². The van der Waals surface area contributed by atoms with Gasteiger partial charge in [-0.25, -0.2) is 4.98 Å². The van der Waals surface area contributed by atoms with Crippen molar-refractivity contribution >= 4 is 0 Å². The van der Waals surface area contributed by atoms with Gasteiger partial charge in [0, 0.05) is 50.6 Å². The number of aromatic nitrogens is 2. The number of hydrogen-bond acceptors (Lipinski definition) is 4. The topological polar surface area (TPSA) is 48.3 Å². The van der Waals surface area contributed by atoms with Gasteiger partial charge in [-0.3, -0.25) is 0 Å². The van der Waals surface area contributed by atoms with Gasteiger partial charge in [-0.1, -0.05) is 18.2 Å². The molecular formula is C20H27N3O2. The van der Waals surface area contributed by atoms with Gasteiger partial charge < -0.3 is 19.4 Å². The third kappa shape index (κ3) is 3.31. The molecule has 2 aliphatic heterocycles. The molecule has 1 aromatic carbocycles. The number of benzene rings is 1. The lowest BCUT2D eigenvalue weighted by Crippen LogP contribution is -2.40. The number of para-hydroxylation sites is 1. The lowest BCUT2D eigenvalue weighted by molar-refractivity contribution is -0.0179. The summed E-state index contributed by atoms with van der Waals surface area (Å²) in [5.41, 5.74) is 2.43. The van der Waals surface area contributed by atoms with Crippen LogP contribution in [-0.2, 0) is 24.8 Å². The lowest BCUT2D eigenvalue weighted by atomic mass is 9.99. The first-order valence-electron chi connectivity index (χ1n) is 9.15. The monoisotopic (exact) mass is 341 g/mol. The molecule has 0 amide bonds. The molecule has 0 saturated carbocycles. The van der Waals surface area contributed by atoms with Crippen molar-refractivity contribution in [1.29, 1.82) is 0 Å². The zero-order valence-corrected chi connectivity index (χ0v) is 15.3. The maximum atomic E-state index is 6.20. The molecule has 1 aromatic heterocycles. The van der Waals surface area contributed by atoms with E-state index in [2.05, 4.69) is 46.9 Å². The molecule has 0 unspecified atom stereocenters. The first-order valence-corrected chi connectivity index (χ1v) is 9.15. The molecule has 4 rings (SSSR count). The second kappa shape index (κ2) is 6.46. The summed E-state index contributed by atoms with van der Waals surface area (Å²) in [6.07, 6.45) is 6.96. The number of nitrogens with one attached hydrogen (secondary N) is 1. The lowest BCUT2D eigenvalue weighted by Gasteiger charge is -2.32. The fourth-order valence-electron chi connectivity index (χ4n) is 3.96. The predicted molar refractivity (Wildman–Crippen MR) is 96.6 cm³/mol. The molecule has 0 aliphatic carbocycles. The van der Waals surface area contributed by atoms with Gasteiger partial charge in [-0.15, -0.1) is 0 Å². The molecule has 2 aromatic rings. The summed E-state index contributed by atoms with van der Waals surface area (Å²) in [6, 6.07) is 6.73. The highest BCUT2D eigenvalue weighted by Crippen LogP contribution is 2.38. The Labute approximate surface area is 149 Å². The van der Waals surface area contributed by atoms with Crippen molar-refractivity contribution in [3.05, 3.63) is 47.5 Å². The van der Waals surface area contributed by atoms with Crippen LogP contribution in [0.3, 0.4) is 0 Å². The number of rotatable bonds is 4. The number of hydrogen-bond donors (Lipinski definition) is 1. The summed E-state index contributed by atoms with van der Waals surface area (Å²) in [4.78, 5) is 4.49. The molecule has 5 nitrogen and oxygen atoms in total. The fraction of sp³-hybridized carbons (Fsp3) is 0.550. The standard InChI is InChI=1S/C20H27N3O2/c1-20(2)12-14-6-4-7-15(17(14)25-20)13-22-16-8-5-11-24-18(16)19-21-9-10-23(19)3/h4,6-7,9-10,16,18,22H,5,8,11-13H2,1-3H3/t16-,18-/m0/s1. The Morgan fingerprint density at radius 1 is 1.36 bits per heavy atom. The number of ether oxygens (including phenoxy) is 2. The van der Waals surface area contributed by atoms with E-state index in [0.29, 0.717) is 0 Å². The van der Waals surface area contributed by atoms with E-state index in [9.17, 15) is 0 Å². The Hall–Kier alpha value is -1.85. The zero-order valence-electron chi connectivity index (χ0n) is 15.3. The van der Waals surface area contributed by atoms with Gasteiger partial charge >= 0.3 is 0 Å². The average Bonchev–Trinajstić information content (AvgIpc) is 3.14. The summed E-state index contributed by atoms with van der Waals surface area (Å²) < 4.78 is 14.3. The van der Waals surface area contributed by atoms with Gasteiger partial charge in [0.15, 0.2) is 0 Å². The minimum absolute atomic E-state index is 0.00266. The molecular weight excluding hydrogens is 314 g/mol. The second-order valence-corrected chi connectivity index (χ2v) is 7.76. The fourth-order valence-corrected chi connectivity index (χ4v) is 3.96. The van der Waals surface area contributed by atoms with Crippen LogP contribution in [0.5, 0.6) is 5.75 Å². The highest BCUT2D eigenvalue weighted by molar-refractivity contribution is 5.45. The summed E-state index contributed by atoms with van der Waals surface area (Å²) >= 11 is 0. The van der Waals surface area contributed by atoms with E-state index in [-0.39, 0.29) is 17.7 Å². The van der Waals surface area contributed by atoms with Crippen molar-refractivity contribution in [2.24, 2.45) is 7.05 Å². The molecule has 134 valence electrons. The predicted octanol–water partition coefficient (Wildman–Crippen LogP) is 3.14. The molecule has 2 aliphatic rings. The van der Waals surface area contributed by atoms with Crippen LogP contribution in [0.2, 0.25) is 0 Å². The van der Waals surface area contributed by atoms with Crippen LogP contribution in [0.15, 0.2) is 30.6 Å². The largest absolute Gasteiger partial charge is 0.487 e. The van der Waals surface area contributed by atoms with Crippen LogP contribution in [-0.4, -0.2) is 27.8 Å². The quantitative estimate of drug-likeness (QED) is 0.928. The third-order valence-corrected chi connectivity index (χ3v) is 5.16. The normalized spacial score (nSPS) is 24.8. The van der Waals surface area contributed by atoms with E-state index < -0.39 is 0 Å². The first-order chi connectivity index (χ1) is 12.0. The molecule has 5 heteroatoms. The minimum atomic E-state index is -0.109. The smallest absolute Gasteiger partial charge is 0.139 e. The third-order valence-electron chi connectivity index (χ3n) is 5.16. The Kier molecular flexibility index (Phi) is 4.29. The maximum absolute atomic E-state index is 6.20. The van der Waals surface area contributed by atoms with Gasteiger partial charge in [0.05, 0.1) is 0 Å². The van der Waals surface area contributed by atoms with Crippen molar-refractivity contribution < 1.29 is 9.47 Å². The molecule has 1 fully saturated rings. The van der Waals surface area contributed by atoms with Crippen LogP contribution in [0, 0.1) is 0 Å². The Morgan fingerprint density at radius 3 is 3.04 bits per heavy atom. The van der Waals surface area contributed by atoms with Crippen LogP contribution < -0.4 is 10.1 Å². The summed E-state index contributed by atoms with van der Waals surface area (Å²) in [5, 5.41) is 3.70. The van der Waals surface area contributed by atoms with E-state index in [0.717, 1.165) is 44.0 Å². The number of imidazole rings is 1.